The van der Waals surface area contributed by atoms with Crippen molar-refractivity contribution in [3.63, 3.8) is 0 Å². The molecule has 3 heterocycles. The molecule has 6 nitrogen and oxygen atoms in total. The van der Waals surface area contributed by atoms with Crippen LogP contribution in [0.1, 0.15) is 41.1 Å². The zero-order chi connectivity index (χ0) is 19.8. The number of aryl methyl sites for hydroxylation is 4. The Kier molecular flexibility index (Phi) is 4.79. The van der Waals surface area contributed by atoms with E-state index in [9.17, 15) is 4.79 Å². The van der Waals surface area contributed by atoms with Gasteiger partial charge < -0.3 is 9.64 Å². The van der Waals surface area contributed by atoms with Crippen molar-refractivity contribution >= 4 is 17.2 Å². The van der Waals surface area contributed by atoms with E-state index in [-0.39, 0.29) is 5.91 Å². The molecule has 0 saturated carbocycles. The number of anilines is 1. The second-order valence-electron chi connectivity index (χ2n) is 7.46. The summed E-state index contributed by atoms with van der Waals surface area (Å²) in [7, 11) is 1.67. The normalized spacial score (nSPS) is 13.6. The van der Waals surface area contributed by atoms with E-state index < -0.39 is 0 Å². The van der Waals surface area contributed by atoms with Crippen LogP contribution in [-0.4, -0.2) is 34.2 Å². The Bertz CT molecular complexity index is 1050. The first-order valence-electron chi connectivity index (χ1n) is 9.77. The molecule has 28 heavy (non-hydrogen) atoms. The van der Waals surface area contributed by atoms with Gasteiger partial charge in [0, 0.05) is 36.1 Å². The first-order chi connectivity index (χ1) is 13.5. The highest BCUT2D eigenvalue weighted by atomic mass is 16.5. The molecular weight excluding hydrogens is 352 g/mol. The molecule has 0 saturated heterocycles. The Hall–Kier alpha value is -2.89. The van der Waals surface area contributed by atoms with Crippen molar-refractivity contribution in [2.75, 3.05) is 18.6 Å². The largest absolute Gasteiger partial charge is 0.497 e. The van der Waals surface area contributed by atoms with Gasteiger partial charge in [0.2, 0.25) is 5.91 Å². The zero-order valence-corrected chi connectivity index (χ0v) is 17.0. The summed E-state index contributed by atoms with van der Waals surface area (Å²) in [5.74, 6) is 0.995. The predicted molar refractivity (Wildman–Crippen MR) is 109 cm³/mol. The molecule has 6 heteroatoms. The summed E-state index contributed by atoms with van der Waals surface area (Å²) in [6, 6.07) is 7.95. The van der Waals surface area contributed by atoms with Crippen molar-refractivity contribution < 1.29 is 9.53 Å². The average molecular weight is 378 g/mol. The highest BCUT2D eigenvalue weighted by Crippen LogP contribution is 2.31. The monoisotopic (exact) mass is 378 g/mol. The fourth-order valence-corrected chi connectivity index (χ4v) is 4.13. The predicted octanol–water partition coefficient (Wildman–Crippen LogP) is 3.58. The molecule has 0 fully saturated rings. The molecule has 0 unspecified atom stereocenters. The number of amides is 1. The van der Waals surface area contributed by atoms with Crippen molar-refractivity contribution in [2.24, 2.45) is 0 Å². The van der Waals surface area contributed by atoms with Crippen LogP contribution in [0.3, 0.4) is 0 Å². The van der Waals surface area contributed by atoms with E-state index in [4.69, 9.17) is 4.74 Å². The summed E-state index contributed by atoms with van der Waals surface area (Å²) in [5, 5.41) is 4.52. The third-order valence-electron chi connectivity index (χ3n) is 5.58. The van der Waals surface area contributed by atoms with Gasteiger partial charge in [-0.25, -0.2) is 9.50 Å². The maximum absolute atomic E-state index is 13.0. The van der Waals surface area contributed by atoms with Crippen LogP contribution in [0.4, 0.5) is 5.69 Å². The highest BCUT2D eigenvalue weighted by molar-refractivity contribution is 5.94. The lowest BCUT2D eigenvalue weighted by Crippen LogP contribution is -2.35. The van der Waals surface area contributed by atoms with Gasteiger partial charge in [0.1, 0.15) is 5.75 Å². The highest BCUT2D eigenvalue weighted by Gasteiger charge is 2.23. The first kappa shape index (κ1) is 18.5. The third kappa shape index (κ3) is 3.23. The topological polar surface area (TPSA) is 59.7 Å². The summed E-state index contributed by atoms with van der Waals surface area (Å²) < 4.78 is 7.21. The molecule has 4 rings (SSSR count). The van der Waals surface area contributed by atoms with Crippen LogP contribution >= 0.6 is 0 Å². The first-order valence-corrected chi connectivity index (χ1v) is 9.77. The molecule has 1 aromatic carbocycles. The number of aromatic nitrogens is 3. The second kappa shape index (κ2) is 7.26. The van der Waals surface area contributed by atoms with Crippen LogP contribution in [0.5, 0.6) is 5.75 Å². The Morgan fingerprint density at radius 2 is 2.04 bits per heavy atom. The second-order valence-corrected chi connectivity index (χ2v) is 7.46. The van der Waals surface area contributed by atoms with Gasteiger partial charge in [-0.3, -0.25) is 4.79 Å². The molecule has 0 aliphatic carbocycles. The van der Waals surface area contributed by atoms with E-state index >= 15 is 0 Å². The molecule has 146 valence electrons. The number of nitrogens with zero attached hydrogens (tertiary/aromatic N) is 4. The number of hydrogen-bond donors (Lipinski definition) is 0. The lowest BCUT2D eigenvalue weighted by Gasteiger charge is -2.30. The van der Waals surface area contributed by atoms with Gasteiger partial charge in [0.15, 0.2) is 5.65 Å². The lowest BCUT2D eigenvalue weighted by atomic mass is 10.00. The molecule has 3 aromatic rings. The molecule has 0 atom stereocenters. The van der Waals surface area contributed by atoms with E-state index in [0.29, 0.717) is 12.8 Å². The summed E-state index contributed by atoms with van der Waals surface area (Å²) in [4.78, 5) is 19.6. The summed E-state index contributed by atoms with van der Waals surface area (Å²) in [6.07, 6.45) is 3.08. The molecular formula is C22H26N4O2. The number of carbonyl (C=O) groups excluding carboxylic acids is 1. The molecule has 1 aliphatic heterocycles. The van der Waals surface area contributed by atoms with Crippen LogP contribution < -0.4 is 9.64 Å². The molecule has 1 aliphatic rings. The number of fused-ring (bicyclic) bond motifs is 2. The lowest BCUT2D eigenvalue weighted by molar-refractivity contribution is -0.118. The minimum Gasteiger partial charge on any atom is -0.497 e. The van der Waals surface area contributed by atoms with Crippen LogP contribution in [0.25, 0.3) is 5.65 Å². The van der Waals surface area contributed by atoms with Gasteiger partial charge in [0.25, 0.3) is 0 Å². The van der Waals surface area contributed by atoms with Crippen molar-refractivity contribution in [2.45, 2.75) is 46.5 Å². The van der Waals surface area contributed by atoms with Crippen molar-refractivity contribution in [3.05, 3.63) is 52.5 Å². The molecule has 0 N–H and O–H groups in total. The Morgan fingerprint density at radius 1 is 1.21 bits per heavy atom. The van der Waals surface area contributed by atoms with Gasteiger partial charge in [-0.1, -0.05) is 0 Å². The smallest absolute Gasteiger partial charge is 0.227 e. The third-order valence-corrected chi connectivity index (χ3v) is 5.58. The Balaban J connectivity index is 1.55. The van der Waals surface area contributed by atoms with E-state index in [1.807, 2.05) is 47.5 Å². The fraction of sp³-hybridized carbons (Fsp3) is 0.409. The summed E-state index contributed by atoms with van der Waals surface area (Å²) in [5.41, 5.74) is 7.15. The van der Waals surface area contributed by atoms with Crippen LogP contribution in [0.2, 0.25) is 0 Å². The van der Waals surface area contributed by atoms with E-state index in [2.05, 4.69) is 17.0 Å². The zero-order valence-electron chi connectivity index (χ0n) is 17.0. The molecule has 2 aromatic heterocycles. The maximum atomic E-state index is 13.0. The number of rotatable bonds is 4. The number of carbonyl (C=O) groups is 1. The van der Waals surface area contributed by atoms with Crippen molar-refractivity contribution in [1.29, 1.82) is 0 Å². The molecule has 0 radical (unpaired) electrons. The number of methoxy groups -OCH3 is 1. The van der Waals surface area contributed by atoms with E-state index in [1.54, 1.807) is 7.11 Å². The minimum absolute atomic E-state index is 0.154. The van der Waals surface area contributed by atoms with Gasteiger partial charge >= 0.3 is 0 Å². The Labute approximate surface area is 165 Å². The number of benzene rings is 1. The van der Waals surface area contributed by atoms with Gasteiger partial charge in [-0.05, 0) is 69.4 Å². The quantitative estimate of drug-likeness (QED) is 0.696. The molecule has 0 bridgehead atoms. The van der Waals surface area contributed by atoms with Gasteiger partial charge in [-0.2, -0.15) is 5.10 Å². The van der Waals surface area contributed by atoms with E-state index in [0.717, 1.165) is 59.1 Å². The molecule has 0 spiro atoms. The minimum atomic E-state index is 0.154. The fourth-order valence-electron chi connectivity index (χ4n) is 4.13. The average Bonchev–Trinajstić information content (AvgIpc) is 3.06. The van der Waals surface area contributed by atoms with Crippen molar-refractivity contribution in [3.8, 4) is 5.75 Å². The van der Waals surface area contributed by atoms with Crippen LogP contribution in [-0.2, 0) is 17.6 Å². The number of hydrogen-bond acceptors (Lipinski definition) is 4. The molecule has 1 amide bonds. The number of ether oxygens (including phenoxy) is 1. The van der Waals surface area contributed by atoms with Crippen LogP contribution in [0, 0.1) is 20.8 Å². The van der Waals surface area contributed by atoms with E-state index in [1.165, 1.54) is 5.56 Å². The standard InChI is InChI=1S/C22H26N4O2/c1-14-12-21-23-15(2)19(16(3)26(21)24-14)8-10-22(27)25-11-5-6-17-13-18(28-4)7-9-20(17)25/h7,9,12-13H,5-6,8,10-11H2,1-4H3. The van der Waals surface area contributed by atoms with Crippen molar-refractivity contribution in [1.82, 2.24) is 14.6 Å². The SMILES string of the molecule is COc1ccc2c(c1)CCCN2C(=O)CCc1c(C)nc2cc(C)nn2c1C. The summed E-state index contributed by atoms with van der Waals surface area (Å²) >= 11 is 0. The van der Waals surface area contributed by atoms with Gasteiger partial charge in [0.05, 0.1) is 12.8 Å². The maximum Gasteiger partial charge on any atom is 0.227 e. The Morgan fingerprint density at radius 3 is 2.82 bits per heavy atom. The van der Waals surface area contributed by atoms with Crippen LogP contribution in [0.15, 0.2) is 24.3 Å². The van der Waals surface area contributed by atoms with Gasteiger partial charge in [-0.15, -0.1) is 0 Å². The summed E-state index contributed by atoms with van der Waals surface area (Å²) in [6.45, 7) is 6.80.